The van der Waals surface area contributed by atoms with Crippen molar-refractivity contribution in [3.63, 3.8) is 0 Å². The molecule has 1 rings (SSSR count). The van der Waals surface area contributed by atoms with Gasteiger partial charge in [0, 0.05) is 5.54 Å². The quantitative estimate of drug-likeness (QED) is 0.689. The van der Waals surface area contributed by atoms with Gasteiger partial charge in [-0.3, -0.25) is 0 Å². The lowest BCUT2D eigenvalue weighted by atomic mass is 10.1. The molecule has 18 heavy (non-hydrogen) atoms. The smallest absolute Gasteiger partial charge is 0.220 e. The van der Waals surface area contributed by atoms with Crippen LogP contribution in [0.5, 0.6) is 0 Å². The lowest BCUT2D eigenvalue weighted by Gasteiger charge is -2.28. The van der Waals surface area contributed by atoms with Crippen molar-refractivity contribution in [2.75, 3.05) is 6.54 Å². The molecule has 0 radical (unpaired) electrons. The number of nitrogens with zero attached hydrogens (tertiary/aromatic N) is 2. The van der Waals surface area contributed by atoms with E-state index in [1.165, 1.54) is 6.07 Å². The SMILES string of the molecule is Cc1ccc(C(O)(O)CNC(C)(C)C)nc1C#N. The fourth-order valence-electron chi connectivity index (χ4n) is 1.34. The summed E-state index contributed by atoms with van der Waals surface area (Å²) in [6.07, 6.45) is 0. The number of pyridine rings is 1. The fourth-order valence-corrected chi connectivity index (χ4v) is 1.34. The fraction of sp³-hybridized carbons (Fsp3) is 0.538. The molecule has 0 saturated carbocycles. The first-order chi connectivity index (χ1) is 8.15. The predicted octanol–water partition coefficient (Wildman–Crippen LogP) is 0.787. The topological polar surface area (TPSA) is 89.2 Å². The van der Waals surface area contributed by atoms with Gasteiger partial charge in [0.25, 0.3) is 0 Å². The van der Waals surface area contributed by atoms with Crippen LogP contribution >= 0.6 is 0 Å². The van der Waals surface area contributed by atoms with Crippen LogP contribution in [-0.4, -0.2) is 27.3 Å². The van der Waals surface area contributed by atoms with Crippen LogP contribution in [0.2, 0.25) is 0 Å². The molecule has 0 aromatic carbocycles. The maximum absolute atomic E-state index is 9.98. The second kappa shape index (κ2) is 5.02. The molecule has 1 aromatic heterocycles. The molecule has 0 aliphatic rings. The number of aryl methyl sites for hydroxylation is 1. The van der Waals surface area contributed by atoms with Gasteiger partial charge in [-0.05, 0) is 39.3 Å². The number of aromatic nitrogens is 1. The van der Waals surface area contributed by atoms with Crippen molar-refractivity contribution in [3.05, 3.63) is 29.1 Å². The molecule has 0 aliphatic heterocycles. The van der Waals surface area contributed by atoms with Crippen molar-refractivity contribution >= 4 is 0 Å². The highest BCUT2D eigenvalue weighted by Crippen LogP contribution is 2.17. The standard InChI is InChI=1S/C13H19N3O2/c1-9-5-6-11(16-10(9)7-14)13(17,18)8-15-12(2,3)4/h5-6,15,17-18H,8H2,1-4H3. The zero-order valence-electron chi connectivity index (χ0n) is 11.2. The van der Waals surface area contributed by atoms with Crippen molar-refractivity contribution in [2.24, 2.45) is 0 Å². The summed E-state index contributed by atoms with van der Waals surface area (Å²) in [7, 11) is 0. The molecule has 0 saturated heterocycles. The number of aliphatic hydroxyl groups is 2. The number of hydrogen-bond donors (Lipinski definition) is 3. The summed E-state index contributed by atoms with van der Waals surface area (Å²) in [6, 6.07) is 5.09. The molecule has 1 heterocycles. The summed E-state index contributed by atoms with van der Waals surface area (Å²) < 4.78 is 0. The number of β-amino-alcohol motifs (C(OH)–C–C–N with tert-alkyl or cyclic N) is 2. The molecular weight excluding hydrogens is 230 g/mol. The van der Waals surface area contributed by atoms with Crippen molar-refractivity contribution in [1.82, 2.24) is 10.3 Å². The molecule has 98 valence electrons. The van der Waals surface area contributed by atoms with Crippen molar-refractivity contribution in [3.8, 4) is 6.07 Å². The van der Waals surface area contributed by atoms with Crippen LogP contribution in [0.15, 0.2) is 12.1 Å². The van der Waals surface area contributed by atoms with Crippen LogP contribution in [-0.2, 0) is 5.79 Å². The van der Waals surface area contributed by atoms with E-state index >= 15 is 0 Å². The second-order valence-electron chi connectivity index (χ2n) is 5.39. The van der Waals surface area contributed by atoms with Gasteiger partial charge in [-0.1, -0.05) is 6.07 Å². The lowest BCUT2D eigenvalue weighted by Crippen LogP contribution is -2.46. The van der Waals surface area contributed by atoms with Gasteiger partial charge in [0.1, 0.15) is 17.5 Å². The van der Waals surface area contributed by atoms with E-state index in [1.54, 1.807) is 13.0 Å². The Kier molecular flexibility index (Phi) is 4.07. The second-order valence-corrected chi connectivity index (χ2v) is 5.39. The Labute approximate surface area is 107 Å². The third-order valence-corrected chi connectivity index (χ3v) is 2.48. The molecule has 0 aliphatic carbocycles. The van der Waals surface area contributed by atoms with Gasteiger partial charge in [0.2, 0.25) is 5.79 Å². The minimum atomic E-state index is -2.09. The van der Waals surface area contributed by atoms with Gasteiger partial charge in [-0.2, -0.15) is 5.26 Å². The molecule has 0 bridgehead atoms. The lowest BCUT2D eigenvalue weighted by molar-refractivity contribution is -0.170. The van der Waals surface area contributed by atoms with E-state index in [-0.39, 0.29) is 23.5 Å². The molecule has 0 atom stereocenters. The third-order valence-electron chi connectivity index (χ3n) is 2.48. The summed E-state index contributed by atoms with van der Waals surface area (Å²) in [5.74, 6) is -2.09. The van der Waals surface area contributed by atoms with E-state index in [2.05, 4.69) is 10.3 Å². The normalized spacial score (nSPS) is 12.3. The number of rotatable bonds is 3. The Morgan fingerprint density at radius 2 is 1.94 bits per heavy atom. The number of hydrogen-bond acceptors (Lipinski definition) is 5. The van der Waals surface area contributed by atoms with E-state index in [0.717, 1.165) is 0 Å². The zero-order valence-corrected chi connectivity index (χ0v) is 11.2. The van der Waals surface area contributed by atoms with Crippen LogP contribution < -0.4 is 5.32 Å². The Morgan fingerprint density at radius 1 is 1.33 bits per heavy atom. The van der Waals surface area contributed by atoms with Crippen molar-refractivity contribution in [1.29, 1.82) is 5.26 Å². The zero-order chi connectivity index (χ0) is 14.0. The highest BCUT2D eigenvalue weighted by Gasteiger charge is 2.29. The third kappa shape index (κ3) is 3.77. The summed E-state index contributed by atoms with van der Waals surface area (Å²) in [5.41, 5.74) is 0.748. The van der Waals surface area contributed by atoms with Gasteiger partial charge >= 0.3 is 0 Å². The average Bonchev–Trinajstić information content (AvgIpc) is 2.26. The molecular formula is C13H19N3O2. The van der Waals surface area contributed by atoms with Crippen LogP contribution in [0.1, 0.15) is 37.7 Å². The van der Waals surface area contributed by atoms with Gasteiger partial charge in [-0.15, -0.1) is 0 Å². The molecule has 5 nitrogen and oxygen atoms in total. The van der Waals surface area contributed by atoms with E-state index in [4.69, 9.17) is 5.26 Å². The maximum atomic E-state index is 9.98. The van der Waals surface area contributed by atoms with E-state index in [9.17, 15) is 10.2 Å². The molecule has 0 unspecified atom stereocenters. The highest BCUT2D eigenvalue weighted by molar-refractivity contribution is 5.32. The summed E-state index contributed by atoms with van der Waals surface area (Å²) in [4.78, 5) is 3.96. The largest absolute Gasteiger partial charge is 0.360 e. The Hall–Kier alpha value is -1.48. The van der Waals surface area contributed by atoms with Gasteiger partial charge in [0.15, 0.2) is 0 Å². The van der Waals surface area contributed by atoms with Crippen molar-refractivity contribution in [2.45, 2.75) is 39.0 Å². The average molecular weight is 249 g/mol. The first-order valence-electron chi connectivity index (χ1n) is 5.74. The van der Waals surface area contributed by atoms with E-state index in [1.807, 2.05) is 26.8 Å². The highest BCUT2D eigenvalue weighted by atomic mass is 16.5. The molecule has 5 heteroatoms. The summed E-state index contributed by atoms with van der Waals surface area (Å²) in [5, 5.41) is 31.8. The minimum absolute atomic E-state index is 0.0581. The van der Waals surface area contributed by atoms with Gasteiger partial charge < -0.3 is 15.5 Å². The van der Waals surface area contributed by atoms with Crippen LogP contribution in [0.4, 0.5) is 0 Å². The summed E-state index contributed by atoms with van der Waals surface area (Å²) >= 11 is 0. The van der Waals surface area contributed by atoms with E-state index in [0.29, 0.717) is 5.56 Å². The molecule has 0 spiro atoms. The first kappa shape index (κ1) is 14.6. The maximum Gasteiger partial charge on any atom is 0.220 e. The Morgan fingerprint density at radius 3 is 2.44 bits per heavy atom. The number of nitrogens with one attached hydrogen (secondary N) is 1. The van der Waals surface area contributed by atoms with Gasteiger partial charge in [-0.25, -0.2) is 4.98 Å². The van der Waals surface area contributed by atoms with Crippen molar-refractivity contribution < 1.29 is 10.2 Å². The summed E-state index contributed by atoms with van der Waals surface area (Å²) in [6.45, 7) is 7.46. The molecule has 0 amide bonds. The Balaban J connectivity index is 2.95. The Bertz CT molecular complexity index is 470. The predicted molar refractivity (Wildman–Crippen MR) is 67.6 cm³/mol. The monoisotopic (exact) mass is 249 g/mol. The van der Waals surface area contributed by atoms with Crippen LogP contribution in [0.25, 0.3) is 0 Å². The molecule has 3 N–H and O–H groups in total. The van der Waals surface area contributed by atoms with Crippen LogP contribution in [0, 0.1) is 18.3 Å². The first-order valence-corrected chi connectivity index (χ1v) is 5.74. The van der Waals surface area contributed by atoms with Gasteiger partial charge in [0.05, 0.1) is 6.54 Å². The minimum Gasteiger partial charge on any atom is -0.360 e. The molecule has 0 fully saturated rings. The van der Waals surface area contributed by atoms with Crippen LogP contribution in [0.3, 0.4) is 0 Å². The van der Waals surface area contributed by atoms with E-state index < -0.39 is 5.79 Å². The molecule has 1 aromatic rings. The number of nitriles is 1.